The minimum atomic E-state index is -4.72. The van der Waals surface area contributed by atoms with Crippen LogP contribution in [-0.2, 0) is 19.7 Å². The first-order valence-corrected chi connectivity index (χ1v) is 6.61. The van der Waals surface area contributed by atoms with Gasteiger partial charge in [0.1, 0.15) is 12.6 Å². The lowest BCUT2D eigenvalue weighted by atomic mass is 10.2. The Kier molecular flexibility index (Phi) is 7.26. The first-order chi connectivity index (χ1) is 8.57. The van der Waals surface area contributed by atoms with Gasteiger partial charge in [-0.15, -0.1) is 0 Å². The molecule has 0 aromatic carbocycles. The van der Waals surface area contributed by atoms with E-state index in [1.807, 2.05) is 0 Å². The minimum Gasteiger partial charge on any atom is -0.480 e. The Hall–Kier alpha value is -0.910. The summed E-state index contributed by atoms with van der Waals surface area (Å²) in [6, 6.07) is -1.51. The summed E-state index contributed by atoms with van der Waals surface area (Å²) in [6.45, 7) is -1.56. The average Bonchev–Trinajstić information content (AvgIpc) is 2.24. The molecule has 0 saturated heterocycles. The van der Waals surface area contributed by atoms with Gasteiger partial charge in [0.25, 0.3) is 10.2 Å². The van der Waals surface area contributed by atoms with Gasteiger partial charge in [0.2, 0.25) is 0 Å². The molecule has 0 spiro atoms. The SMILES string of the molecule is COCCCC(NS(=O)(=O)NCC(F)(F)F)C(=O)O. The quantitative estimate of drug-likeness (QED) is 0.514. The molecule has 0 aromatic heterocycles. The van der Waals surface area contributed by atoms with Crippen molar-refractivity contribution in [2.45, 2.75) is 25.1 Å². The number of hydrogen-bond acceptors (Lipinski definition) is 4. The molecule has 0 bridgehead atoms. The molecule has 3 N–H and O–H groups in total. The van der Waals surface area contributed by atoms with Crippen molar-refractivity contribution in [3.63, 3.8) is 0 Å². The highest BCUT2D eigenvalue weighted by Crippen LogP contribution is 2.12. The molecule has 0 aliphatic rings. The average molecular weight is 308 g/mol. The third kappa shape index (κ3) is 9.64. The number of alkyl halides is 3. The van der Waals surface area contributed by atoms with Gasteiger partial charge in [-0.05, 0) is 12.8 Å². The van der Waals surface area contributed by atoms with Crippen LogP contribution in [0.1, 0.15) is 12.8 Å². The number of aliphatic carboxylic acids is 1. The van der Waals surface area contributed by atoms with Crippen molar-refractivity contribution in [3.8, 4) is 0 Å². The third-order valence-electron chi connectivity index (χ3n) is 1.90. The summed E-state index contributed by atoms with van der Waals surface area (Å²) in [5.41, 5.74) is 0. The van der Waals surface area contributed by atoms with E-state index < -0.39 is 34.9 Å². The van der Waals surface area contributed by atoms with Gasteiger partial charge in [0, 0.05) is 13.7 Å². The molecule has 0 radical (unpaired) electrons. The first-order valence-electron chi connectivity index (χ1n) is 5.13. The third-order valence-corrected chi connectivity index (χ3v) is 3.02. The molecule has 0 aromatic rings. The molecule has 11 heteroatoms. The zero-order chi connectivity index (χ0) is 15.1. The molecule has 0 heterocycles. The Morgan fingerprint density at radius 2 is 2.00 bits per heavy atom. The second kappa shape index (κ2) is 7.62. The standard InChI is InChI=1S/C8H15F3N2O5S/c1-18-4-2-3-6(7(14)15)13-19(16,17)12-5-8(9,10)11/h6,12-13H,2-5H2,1H3,(H,14,15). The molecule has 0 rings (SSSR count). The number of carboxylic acids is 1. The van der Waals surface area contributed by atoms with E-state index in [4.69, 9.17) is 5.11 Å². The second-order valence-electron chi connectivity index (χ2n) is 3.58. The summed E-state index contributed by atoms with van der Waals surface area (Å²) in [6.07, 6.45) is -4.57. The Morgan fingerprint density at radius 3 is 2.42 bits per heavy atom. The Labute approximate surface area is 108 Å². The van der Waals surface area contributed by atoms with E-state index >= 15 is 0 Å². The van der Waals surface area contributed by atoms with Gasteiger partial charge in [-0.3, -0.25) is 4.79 Å². The van der Waals surface area contributed by atoms with Gasteiger partial charge < -0.3 is 9.84 Å². The first kappa shape index (κ1) is 18.1. The van der Waals surface area contributed by atoms with Crippen molar-refractivity contribution in [2.24, 2.45) is 0 Å². The summed E-state index contributed by atoms with van der Waals surface area (Å²) in [5.74, 6) is -1.48. The van der Waals surface area contributed by atoms with Crippen molar-refractivity contribution in [3.05, 3.63) is 0 Å². The topological polar surface area (TPSA) is 105 Å². The molecule has 0 aliphatic heterocycles. The van der Waals surface area contributed by atoms with Gasteiger partial charge >= 0.3 is 12.1 Å². The van der Waals surface area contributed by atoms with Crippen LogP contribution in [0.5, 0.6) is 0 Å². The van der Waals surface area contributed by atoms with Crippen LogP contribution in [0, 0.1) is 0 Å². The molecule has 0 amide bonds. The van der Waals surface area contributed by atoms with Gasteiger partial charge in [-0.2, -0.15) is 31.0 Å². The summed E-state index contributed by atoms with van der Waals surface area (Å²) in [4.78, 5) is 10.8. The molecule has 114 valence electrons. The number of ether oxygens (including phenoxy) is 1. The van der Waals surface area contributed by atoms with E-state index in [-0.39, 0.29) is 19.4 Å². The highest BCUT2D eigenvalue weighted by atomic mass is 32.2. The smallest absolute Gasteiger partial charge is 0.402 e. The lowest BCUT2D eigenvalue weighted by Gasteiger charge is -2.15. The van der Waals surface area contributed by atoms with Crippen LogP contribution in [0.2, 0.25) is 0 Å². The number of halogens is 3. The van der Waals surface area contributed by atoms with Crippen molar-refractivity contribution < 1.29 is 36.2 Å². The number of carbonyl (C=O) groups is 1. The van der Waals surface area contributed by atoms with Crippen LogP contribution in [-0.4, -0.2) is 52.0 Å². The van der Waals surface area contributed by atoms with Crippen LogP contribution in [0.25, 0.3) is 0 Å². The van der Waals surface area contributed by atoms with Crippen molar-refractivity contribution >= 4 is 16.2 Å². The highest BCUT2D eigenvalue weighted by Gasteiger charge is 2.31. The summed E-state index contributed by atoms with van der Waals surface area (Å²) < 4.78 is 65.5. The van der Waals surface area contributed by atoms with E-state index in [2.05, 4.69) is 4.74 Å². The zero-order valence-corrected chi connectivity index (χ0v) is 10.8. The fraction of sp³-hybridized carbons (Fsp3) is 0.875. The van der Waals surface area contributed by atoms with Crippen LogP contribution in [0.3, 0.4) is 0 Å². The molecule has 1 atom stereocenters. The molecule has 0 aliphatic carbocycles. The lowest BCUT2D eigenvalue weighted by molar-refractivity contribution is -0.139. The minimum absolute atomic E-state index is 0.101. The van der Waals surface area contributed by atoms with Gasteiger partial charge in [0.05, 0.1) is 0 Å². The van der Waals surface area contributed by atoms with E-state index in [1.54, 1.807) is 4.72 Å². The molecule has 1 unspecified atom stereocenters. The molecule has 19 heavy (non-hydrogen) atoms. The van der Waals surface area contributed by atoms with Crippen molar-refractivity contribution in [1.29, 1.82) is 0 Å². The Balaban J connectivity index is 4.44. The highest BCUT2D eigenvalue weighted by molar-refractivity contribution is 7.87. The van der Waals surface area contributed by atoms with E-state index in [0.717, 1.165) is 0 Å². The van der Waals surface area contributed by atoms with Crippen molar-refractivity contribution in [2.75, 3.05) is 20.3 Å². The van der Waals surface area contributed by atoms with E-state index in [0.29, 0.717) is 0 Å². The summed E-state index contributed by atoms with van der Waals surface area (Å²) in [5, 5.41) is 8.75. The lowest BCUT2D eigenvalue weighted by Crippen LogP contribution is -2.48. The zero-order valence-electron chi connectivity index (χ0n) is 10.0. The number of hydrogen-bond donors (Lipinski definition) is 3. The Morgan fingerprint density at radius 1 is 1.42 bits per heavy atom. The van der Waals surface area contributed by atoms with Crippen LogP contribution < -0.4 is 9.44 Å². The fourth-order valence-corrected chi connectivity index (χ4v) is 2.10. The van der Waals surface area contributed by atoms with Gasteiger partial charge in [-0.25, -0.2) is 0 Å². The molecule has 7 nitrogen and oxygen atoms in total. The predicted octanol–water partition coefficient (Wildman–Crippen LogP) is -0.147. The number of methoxy groups -OCH3 is 1. The number of carboxylic acid groups (broad SMARTS) is 1. The number of rotatable bonds is 9. The maximum atomic E-state index is 11.8. The van der Waals surface area contributed by atoms with E-state index in [9.17, 15) is 26.4 Å². The predicted molar refractivity (Wildman–Crippen MR) is 58.6 cm³/mol. The molecular weight excluding hydrogens is 293 g/mol. The van der Waals surface area contributed by atoms with Crippen LogP contribution in [0.4, 0.5) is 13.2 Å². The van der Waals surface area contributed by atoms with Gasteiger partial charge in [-0.1, -0.05) is 0 Å². The largest absolute Gasteiger partial charge is 0.480 e. The second-order valence-corrected chi connectivity index (χ2v) is 5.11. The summed E-state index contributed by atoms with van der Waals surface area (Å²) in [7, 11) is -3.16. The maximum Gasteiger partial charge on any atom is 0.402 e. The Bertz CT molecular complexity index is 384. The summed E-state index contributed by atoms with van der Waals surface area (Å²) >= 11 is 0. The van der Waals surface area contributed by atoms with Crippen molar-refractivity contribution in [1.82, 2.24) is 9.44 Å². The molecule has 0 fully saturated rings. The van der Waals surface area contributed by atoms with E-state index in [1.165, 1.54) is 11.8 Å². The molecular formula is C8H15F3N2O5S. The monoisotopic (exact) mass is 308 g/mol. The molecule has 0 saturated carbocycles. The fourth-order valence-electron chi connectivity index (χ4n) is 1.07. The van der Waals surface area contributed by atoms with Gasteiger partial charge in [0.15, 0.2) is 0 Å². The maximum absolute atomic E-state index is 11.8. The van der Waals surface area contributed by atoms with Crippen LogP contribution >= 0.6 is 0 Å². The number of nitrogens with one attached hydrogen (secondary N) is 2. The van der Waals surface area contributed by atoms with Crippen LogP contribution in [0.15, 0.2) is 0 Å². The normalized spacial score (nSPS) is 14.3.